The average Bonchev–Trinajstić information content (AvgIpc) is 3.66. The topological polar surface area (TPSA) is 51.8 Å². The fourth-order valence-electron chi connectivity index (χ4n) is 8.12. The van der Waals surface area contributed by atoms with Crippen LogP contribution in [-0.2, 0) is 0 Å². The molecule has 0 saturated heterocycles. The Bertz CT molecular complexity index is 3240. The lowest BCUT2D eigenvalue weighted by atomic mass is 9.89. The molecule has 11 rings (SSSR count). The molecule has 0 amide bonds. The standard InChI is InChI=1S/C51H31N3O/c1-4-15-32(16-5-1)35-21-14-22-36(29-35)50-52-49(34-19-8-3-9-20-34)53-51(54-50)37-27-28-40-43(30-37)38-23-10-11-24-39(38)44-31-42(33-17-6-2-7-18-33)47-41-25-12-13-26-45(41)55-48(47)46(40)44/h1-31H. The molecule has 0 N–H and O–H groups in total. The van der Waals surface area contributed by atoms with Gasteiger partial charge in [-0.1, -0.05) is 164 Å². The summed E-state index contributed by atoms with van der Waals surface area (Å²) < 4.78 is 6.84. The molecule has 0 spiro atoms. The van der Waals surface area contributed by atoms with E-state index in [1.54, 1.807) is 0 Å². The van der Waals surface area contributed by atoms with Crippen molar-refractivity contribution in [2.24, 2.45) is 0 Å². The highest BCUT2D eigenvalue weighted by atomic mass is 16.3. The molecular weight excluding hydrogens is 671 g/mol. The van der Waals surface area contributed by atoms with E-state index < -0.39 is 0 Å². The third kappa shape index (κ3) is 5.19. The van der Waals surface area contributed by atoms with Gasteiger partial charge < -0.3 is 4.42 Å². The Morgan fingerprint density at radius 3 is 1.53 bits per heavy atom. The van der Waals surface area contributed by atoms with Crippen molar-refractivity contribution in [2.75, 3.05) is 0 Å². The molecule has 0 fully saturated rings. The van der Waals surface area contributed by atoms with Gasteiger partial charge in [0, 0.05) is 32.8 Å². The number of fused-ring (bicyclic) bond motifs is 10. The molecule has 9 aromatic carbocycles. The number of furan rings is 1. The fourth-order valence-corrected chi connectivity index (χ4v) is 8.12. The van der Waals surface area contributed by atoms with E-state index in [0.29, 0.717) is 17.5 Å². The first-order valence-corrected chi connectivity index (χ1v) is 18.5. The molecule has 256 valence electrons. The summed E-state index contributed by atoms with van der Waals surface area (Å²) in [7, 11) is 0. The van der Waals surface area contributed by atoms with E-state index in [2.05, 4.69) is 146 Å². The highest BCUT2D eigenvalue weighted by Crippen LogP contribution is 2.46. The van der Waals surface area contributed by atoms with Crippen molar-refractivity contribution in [2.45, 2.75) is 0 Å². The Hall–Kier alpha value is -7.43. The van der Waals surface area contributed by atoms with Gasteiger partial charge in [0.2, 0.25) is 0 Å². The quantitative estimate of drug-likeness (QED) is 0.168. The zero-order chi connectivity index (χ0) is 36.3. The number of benzene rings is 9. The first-order valence-electron chi connectivity index (χ1n) is 18.5. The molecule has 4 heteroatoms. The lowest BCUT2D eigenvalue weighted by Gasteiger charge is -2.15. The smallest absolute Gasteiger partial charge is 0.164 e. The van der Waals surface area contributed by atoms with Crippen LogP contribution in [0.2, 0.25) is 0 Å². The van der Waals surface area contributed by atoms with Crippen LogP contribution in [0.25, 0.3) is 111 Å². The lowest BCUT2D eigenvalue weighted by molar-refractivity contribution is 0.673. The van der Waals surface area contributed by atoms with Crippen molar-refractivity contribution in [3.05, 3.63) is 188 Å². The van der Waals surface area contributed by atoms with E-state index in [-0.39, 0.29) is 0 Å². The predicted octanol–water partition coefficient (Wildman–Crippen LogP) is 13.6. The number of hydrogen-bond acceptors (Lipinski definition) is 4. The number of rotatable bonds is 5. The summed E-state index contributed by atoms with van der Waals surface area (Å²) >= 11 is 0. The van der Waals surface area contributed by atoms with Gasteiger partial charge in [0.05, 0.1) is 0 Å². The number of aromatic nitrogens is 3. The average molecular weight is 702 g/mol. The van der Waals surface area contributed by atoms with Crippen LogP contribution in [0.15, 0.2) is 192 Å². The molecule has 11 aromatic rings. The molecule has 2 aromatic heterocycles. The molecule has 0 bridgehead atoms. The molecule has 0 atom stereocenters. The minimum Gasteiger partial charge on any atom is -0.455 e. The zero-order valence-corrected chi connectivity index (χ0v) is 29.6. The third-order valence-electron chi connectivity index (χ3n) is 10.7. The van der Waals surface area contributed by atoms with Crippen LogP contribution in [0.3, 0.4) is 0 Å². The van der Waals surface area contributed by atoms with Gasteiger partial charge in [-0.05, 0) is 73.5 Å². The van der Waals surface area contributed by atoms with Crippen LogP contribution in [0, 0.1) is 0 Å². The van der Waals surface area contributed by atoms with Gasteiger partial charge in [0.25, 0.3) is 0 Å². The Morgan fingerprint density at radius 2 is 0.818 bits per heavy atom. The molecule has 2 heterocycles. The molecular formula is C51H31N3O. The van der Waals surface area contributed by atoms with Gasteiger partial charge in [-0.3, -0.25) is 0 Å². The van der Waals surface area contributed by atoms with E-state index in [9.17, 15) is 0 Å². The van der Waals surface area contributed by atoms with Crippen LogP contribution in [0.4, 0.5) is 0 Å². The van der Waals surface area contributed by atoms with E-state index in [1.807, 2.05) is 42.5 Å². The van der Waals surface area contributed by atoms with Crippen molar-refractivity contribution in [3.63, 3.8) is 0 Å². The Kier molecular flexibility index (Phi) is 7.14. The van der Waals surface area contributed by atoms with Crippen LogP contribution >= 0.6 is 0 Å². The second-order valence-electron chi connectivity index (χ2n) is 13.9. The molecule has 55 heavy (non-hydrogen) atoms. The molecule has 0 aliphatic heterocycles. The summed E-state index contributed by atoms with van der Waals surface area (Å²) in [6, 6.07) is 65.6. The Labute approximate surface area is 317 Å². The normalized spacial score (nSPS) is 11.6. The molecule has 4 nitrogen and oxygen atoms in total. The van der Waals surface area contributed by atoms with Gasteiger partial charge >= 0.3 is 0 Å². The molecule has 0 aliphatic rings. The molecule has 0 aliphatic carbocycles. The summed E-state index contributed by atoms with van der Waals surface area (Å²) in [5.41, 5.74) is 9.13. The van der Waals surface area contributed by atoms with Crippen LogP contribution in [0.1, 0.15) is 0 Å². The van der Waals surface area contributed by atoms with E-state index in [4.69, 9.17) is 19.4 Å². The van der Waals surface area contributed by atoms with Crippen LogP contribution in [0.5, 0.6) is 0 Å². The SMILES string of the molecule is c1ccc(-c2cccc(-c3nc(-c4ccccc4)nc(-c4ccc5c(c4)c4ccccc4c4cc(-c6ccccc6)c6c7ccccc7oc6c54)n3)c2)cc1. The highest BCUT2D eigenvalue weighted by Gasteiger charge is 2.21. The first kappa shape index (κ1) is 31.1. The van der Waals surface area contributed by atoms with Gasteiger partial charge in [-0.25, -0.2) is 15.0 Å². The van der Waals surface area contributed by atoms with Crippen molar-refractivity contribution in [3.8, 4) is 56.4 Å². The van der Waals surface area contributed by atoms with Crippen molar-refractivity contribution in [1.82, 2.24) is 15.0 Å². The van der Waals surface area contributed by atoms with Gasteiger partial charge in [-0.15, -0.1) is 0 Å². The summed E-state index contributed by atoms with van der Waals surface area (Å²) in [4.78, 5) is 15.3. The van der Waals surface area contributed by atoms with Crippen LogP contribution < -0.4 is 0 Å². The molecule has 0 radical (unpaired) electrons. The number of para-hydroxylation sites is 1. The number of hydrogen-bond donors (Lipinski definition) is 0. The van der Waals surface area contributed by atoms with Crippen LogP contribution in [-0.4, -0.2) is 15.0 Å². The van der Waals surface area contributed by atoms with E-state index >= 15 is 0 Å². The zero-order valence-electron chi connectivity index (χ0n) is 29.6. The van der Waals surface area contributed by atoms with Crippen molar-refractivity contribution < 1.29 is 4.42 Å². The van der Waals surface area contributed by atoms with Gasteiger partial charge in [0.1, 0.15) is 11.2 Å². The summed E-state index contributed by atoms with van der Waals surface area (Å²) in [5, 5.41) is 9.06. The maximum atomic E-state index is 6.84. The largest absolute Gasteiger partial charge is 0.455 e. The summed E-state index contributed by atoms with van der Waals surface area (Å²) in [6.07, 6.45) is 0. The minimum absolute atomic E-state index is 0.619. The Morgan fingerprint density at radius 1 is 0.291 bits per heavy atom. The maximum Gasteiger partial charge on any atom is 0.164 e. The second-order valence-corrected chi connectivity index (χ2v) is 13.9. The second kappa shape index (κ2) is 12.6. The van der Waals surface area contributed by atoms with Crippen molar-refractivity contribution in [1.29, 1.82) is 0 Å². The number of nitrogens with zero attached hydrogens (tertiary/aromatic N) is 3. The summed E-state index contributed by atoms with van der Waals surface area (Å²) in [6.45, 7) is 0. The molecule has 0 unspecified atom stereocenters. The van der Waals surface area contributed by atoms with E-state index in [0.717, 1.165) is 87.8 Å². The minimum atomic E-state index is 0.619. The lowest BCUT2D eigenvalue weighted by Crippen LogP contribution is -2.00. The molecule has 0 saturated carbocycles. The first-order chi connectivity index (χ1) is 27.3. The summed E-state index contributed by atoms with van der Waals surface area (Å²) in [5.74, 6) is 1.88. The Balaban J connectivity index is 1.18. The van der Waals surface area contributed by atoms with Crippen molar-refractivity contribution >= 4 is 54.3 Å². The van der Waals surface area contributed by atoms with E-state index in [1.165, 1.54) is 5.39 Å². The third-order valence-corrected chi connectivity index (χ3v) is 10.7. The van der Waals surface area contributed by atoms with Gasteiger partial charge in [0.15, 0.2) is 17.5 Å². The highest BCUT2D eigenvalue weighted by molar-refractivity contribution is 6.34. The fraction of sp³-hybridized carbons (Fsp3) is 0. The van der Waals surface area contributed by atoms with Gasteiger partial charge in [-0.2, -0.15) is 0 Å². The maximum absolute atomic E-state index is 6.84. The monoisotopic (exact) mass is 701 g/mol. The predicted molar refractivity (Wildman–Crippen MR) is 227 cm³/mol.